The summed E-state index contributed by atoms with van der Waals surface area (Å²) < 4.78 is 12.6. The third-order valence-electron chi connectivity index (χ3n) is 5.72. The molecule has 0 saturated heterocycles. The minimum atomic E-state index is -0.346. The molecule has 1 aliphatic heterocycles. The van der Waals surface area contributed by atoms with Gasteiger partial charge in [-0.25, -0.2) is 4.98 Å². The van der Waals surface area contributed by atoms with Crippen LogP contribution < -0.4 is 14.8 Å². The second kappa shape index (κ2) is 9.33. The highest BCUT2D eigenvalue weighted by molar-refractivity contribution is 7.22. The average Bonchev–Trinajstić information content (AvgIpc) is 3.20. The number of carbonyl (C=O) groups excluding carboxylic acids is 1. The highest BCUT2D eigenvalue weighted by atomic mass is 35.5. The van der Waals surface area contributed by atoms with Crippen molar-refractivity contribution < 1.29 is 19.4 Å². The number of carbonyl (C=O) groups is 1. The Morgan fingerprint density at radius 1 is 1.29 bits per heavy atom. The number of allylic oxidation sites excluding steroid dienone is 3. The van der Waals surface area contributed by atoms with Crippen molar-refractivity contribution in [1.29, 1.82) is 0 Å². The van der Waals surface area contributed by atoms with Crippen LogP contribution in [-0.2, 0) is 4.79 Å². The molecule has 2 aromatic carbocycles. The van der Waals surface area contributed by atoms with Gasteiger partial charge in [-0.3, -0.25) is 4.79 Å². The third kappa shape index (κ3) is 4.64. The summed E-state index contributed by atoms with van der Waals surface area (Å²) in [6.45, 7) is 4.12. The fraction of sp³-hybridized carbons (Fsp3) is 0.200. The van der Waals surface area contributed by atoms with Crippen molar-refractivity contribution in [3.63, 3.8) is 0 Å². The quantitative estimate of drug-likeness (QED) is 0.357. The van der Waals surface area contributed by atoms with Crippen LogP contribution in [0.1, 0.15) is 24.3 Å². The van der Waals surface area contributed by atoms with Crippen LogP contribution in [0.25, 0.3) is 10.2 Å². The molecule has 0 spiro atoms. The van der Waals surface area contributed by atoms with Crippen LogP contribution in [0.2, 0.25) is 10.0 Å². The number of amides is 1. The Hall–Kier alpha value is -3.00. The Balaban J connectivity index is 1.24. The molecule has 2 heterocycles. The Kier molecular flexibility index (Phi) is 6.25. The summed E-state index contributed by atoms with van der Waals surface area (Å²) in [7, 11) is 0. The number of hydrogen-bond donors (Lipinski definition) is 2. The molecule has 3 aromatic rings. The number of halogens is 2. The first-order chi connectivity index (χ1) is 16.4. The molecular weight excluding hydrogens is 495 g/mol. The summed E-state index contributed by atoms with van der Waals surface area (Å²) >= 11 is 13.8. The molecule has 2 atom stereocenters. The maximum Gasteiger partial charge on any atom is 0.233 e. The van der Waals surface area contributed by atoms with Crippen molar-refractivity contribution >= 4 is 55.8 Å². The second-order valence-electron chi connectivity index (χ2n) is 8.03. The van der Waals surface area contributed by atoms with Gasteiger partial charge in [0.25, 0.3) is 0 Å². The van der Waals surface area contributed by atoms with Crippen molar-refractivity contribution in [1.82, 2.24) is 4.98 Å². The van der Waals surface area contributed by atoms with E-state index < -0.39 is 0 Å². The van der Waals surface area contributed by atoms with E-state index >= 15 is 0 Å². The van der Waals surface area contributed by atoms with E-state index in [1.807, 2.05) is 18.2 Å². The number of hydrogen-bond acceptors (Lipinski definition) is 6. The Morgan fingerprint density at radius 3 is 2.91 bits per heavy atom. The zero-order valence-electron chi connectivity index (χ0n) is 17.9. The second-order valence-corrected chi connectivity index (χ2v) is 9.91. The highest BCUT2D eigenvalue weighted by Gasteiger charge is 2.26. The minimum Gasteiger partial charge on any atom is -0.512 e. The number of aliphatic hydroxyl groups excluding tert-OH is 1. The van der Waals surface area contributed by atoms with Gasteiger partial charge < -0.3 is 19.9 Å². The van der Waals surface area contributed by atoms with Crippen LogP contribution in [-0.4, -0.2) is 22.6 Å². The van der Waals surface area contributed by atoms with Crippen LogP contribution in [0.4, 0.5) is 5.13 Å². The molecule has 0 bridgehead atoms. The predicted molar refractivity (Wildman–Crippen MR) is 135 cm³/mol. The smallest absolute Gasteiger partial charge is 0.233 e. The number of rotatable bonds is 5. The first kappa shape index (κ1) is 22.8. The standard InChI is InChI=1S/C25H20Cl2N2O4S/c1-13(30)17-8-9-32-21-12-22(19(27)11-18(17)21)33-16-5-2-14(3-6-16)24(31)29-25-28-20-7-4-15(26)10-23(20)34-25/h2,4-7,10-12,14,17,30H,1,3,8-9H2,(H,28,29,31). The van der Waals surface area contributed by atoms with E-state index in [2.05, 4.69) is 16.9 Å². The molecule has 1 amide bonds. The van der Waals surface area contributed by atoms with Gasteiger partial charge in [0.2, 0.25) is 5.91 Å². The van der Waals surface area contributed by atoms with E-state index in [1.54, 1.807) is 30.4 Å². The van der Waals surface area contributed by atoms with E-state index in [1.165, 1.54) is 11.3 Å². The van der Waals surface area contributed by atoms with Crippen LogP contribution in [0, 0.1) is 5.92 Å². The van der Waals surface area contributed by atoms with Crippen LogP contribution in [0.5, 0.6) is 11.5 Å². The van der Waals surface area contributed by atoms with Gasteiger partial charge in [-0.2, -0.15) is 0 Å². The molecule has 34 heavy (non-hydrogen) atoms. The Morgan fingerprint density at radius 2 is 2.15 bits per heavy atom. The number of nitrogens with one attached hydrogen (secondary N) is 1. The van der Waals surface area contributed by atoms with E-state index in [0.717, 1.165) is 15.8 Å². The molecule has 0 radical (unpaired) electrons. The maximum atomic E-state index is 12.7. The number of thiazole rings is 1. The highest BCUT2D eigenvalue weighted by Crippen LogP contribution is 2.43. The van der Waals surface area contributed by atoms with Gasteiger partial charge in [0.15, 0.2) is 5.13 Å². The number of fused-ring (bicyclic) bond motifs is 2. The summed E-state index contributed by atoms with van der Waals surface area (Å²) in [5, 5.41) is 14.3. The fourth-order valence-electron chi connectivity index (χ4n) is 3.96. The van der Waals surface area contributed by atoms with Gasteiger partial charge >= 0.3 is 0 Å². The lowest BCUT2D eigenvalue weighted by molar-refractivity contribution is -0.118. The van der Waals surface area contributed by atoms with Crippen LogP contribution in [0.3, 0.4) is 0 Å². The molecule has 2 unspecified atom stereocenters. The number of anilines is 1. The summed E-state index contributed by atoms with van der Waals surface area (Å²) in [6.07, 6.45) is 6.50. The minimum absolute atomic E-state index is 0.0890. The van der Waals surface area contributed by atoms with Crippen molar-refractivity contribution in [2.24, 2.45) is 5.92 Å². The van der Waals surface area contributed by atoms with Gasteiger partial charge in [-0.05, 0) is 49.3 Å². The fourth-order valence-corrected chi connectivity index (χ4v) is 5.32. The number of nitrogens with zero attached hydrogens (tertiary/aromatic N) is 1. The molecule has 5 rings (SSSR count). The number of aromatic nitrogens is 1. The van der Waals surface area contributed by atoms with Gasteiger partial charge in [0.05, 0.1) is 33.5 Å². The van der Waals surface area contributed by atoms with Crippen LogP contribution in [0.15, 0.2) is 66.7 Å². The van der Waals surface area contributed by atoms with E-state index in [4.69, 9.17) is 32.7 Å². The topological polar surface area (TPSA) is 80.7 Å². The molecule has 174 valence electrons. The van der Waals surface area contributed by atoms with Crippen molar-refractivity contribution in [3.05, 3.63) is 82.3 Å². The summed E-state index contributed by atoms with van der Waals surface area (Å²) in [5.41, 5.74) is 1.58. The number of ether oxygens (including phenoxy) is 2. The lowest BCUT2D eigenvalue weighted by Crippen LogP contribution is -2.22. The molecule has 6 nitrogen and oxygen atoms in total. The Labute approximate surface area is 210 Å². The zero-order valence-corrected chi connectivity index (χ0v) is 20.2. The van der Waals surface area contributed by atoms with E-state index in [9.17, 15) is 9.90 Å². The monoisotopic (exact) mass is 514 g/mol. The zero-order chi connectivity index (χ0) is 23.8. The Bertz CT molecular complexity index is 1360. The summed E-state index contributed by atoms with van der Waals surface area (Å²) in [6, 6.07) is 8.89. The SMILES string of the molecule is C=C(O)C1CCOc2cc(OC3=CCC(C(=O)Nc4nc5ccc(Cl)cc5s4)C=C3)c(Cl)cc21. The molecule has 2 N–H and O–H groups in total. The summed E-state index contributed by atoms with van der Waals surface area (Å²) in [4.78, 5) is 17.2. The van der Waals surface area contributed by atoms with Gasteiger partial charge in [-0.15, -0.1) is 0 Å². The maximum absolute atomic E-state index is 12.7. The van der Waals surface area contributed by atoms with Gasteiger partial charge in [0.1, 0.15) is 17.3 Å². The lowest BCUT2D eigenvalue weighted by atomic mass is 9.92. The van der Waals surface area contributed by atoms with E-state index in [-0.39, 0.29) is 23.5 Å². The van der Waals surface area contributed by atoms with Gasteiger partial charge in [0, 0.05) is 22.6 Å². The average molecular weight is 515 g/mol. The number of benzene rings is 2. The molecule has 0 fully saturated rings. The lowest BCUT2D eigenvalue weighted by Gasteiger charge is -2.26. The molecule has 0 saturated carbocycles. The van der Waals surface area contributed by atoms with Crippen molar-refractivity contribution in [3.8, 4) is 11.5 Å². The molecule has 2 aliphatic rings. The normalized spacial score (nSPS) is 19.2. The molecular formula is C25H20Cl2N2O4S. The van der Waals surface area contributed by atoms with Crippen molar-refractivity contribution in [2.45, 2.75) is 18.8 Å². The first-order valence-electron chi connectivity index (χ1n) is 10.6. The predicted octanol–water partition coefficient (Wildman–Crippen LogP) is 7.02. The number of aliphatic hydroxyl groups is 1. The molecule has 1 aromatic heterocycles. The largest absolute Gasteiger partial charge is 0.512 e. The first-order valence-corrected chi connectivity index (χ1v) is 12.2. The third-order valence-corrected chi connectivity index (χ3v) is 7.18. The van der Waals surface area contributed by atoms with Gasteiger partial charge in [-0.1, -0.05) is 47.2 Å². The van der Waals surface area contributed by atoms with Crippen LogP contribution >= 0.6 is 34.5 Å². The summed E-state index contributed by atoms with van der Waals surface area (Å²) in [5.74, 6) is 1.02. The van der Waals surface area contributed by atoms with E-state index in [0.29, 0.717) is 51.9 Å². The van der Waals surface area contributed by atoms with Crippen molar-refractivity contribution in [2.75, 3.05) is 11.9 Å². The molecule has 9 heteroatoms. The molecule has 1 aliphatic carbocycles.